The van der Waals surface area contributed by atoms with E-state index >= 15 is 0 Å². The Hall–Kier alpha value is -3.10. The van der Waals surface area contributed by atoms with Crippen molar-refractivity contribution in [3.63, 3.8) is 0 Å². The van der Waals surface area contributed by atoms with Crippen LogP contribution in [0.4, 0.5) is 11.7 Å². The second-order valence-electron chi connectivity index (χ2n) is 6.71. The predicted molar refractivity (Wildman–Crippen MR) is 121 cm³/mol. The molecule has 0 radical (unpaired) electrons. The Labute approximate surface area is 181 Å². The van der Waals surface area contributed by atoms with Crippen LogP contribution < -0.4 is 11.1 Å². The number of hydrogen-bond donors (Lipinski definition) is 2. The Balaban J connectivity index is 2.11. The van der Waals surface area contributed by atoms with Crippen molar-refractivity contribution < 1.29 is 13.9 Å². The van der Waals surface area contributed by atoms with E-state index in [0.717, 1.165) is 24.3 Å². The van der Waals surface area contributed by atoms with Gasteiger partial charge in [-0.05, 0) is 58.4 Å². The van der Waals surface area contributed by atoms with Gasteiger partial charge in [0.1, 0.15) is 6.26 Å². The maximum atomic E-state index is 12.3. The number of nitrogens with one attached hydrogen (secondary N) is 1. The molecule has 0 saturated carbocycles. The van der Waals surface area contributed by atoms with Gasteiger partial charge in [0.15, 0.2) is 5.69 Å². The van der Waals surface area contributed by atoms with Crippen molar-refractivity contribution in [1.82, 2.24) is 9.88 Å². The third-order valence-corrected chi connectivity index (χ3v) is 4.32. The van der Waals surface area contributed by atoms with Crippen LogP contribution in [0.5, 0.6) is 0 Å². The van der Waals surface area contributed by atoms with Gasteiger partial charge < -0.3 is 25.1 Å². The summed E-state index contributed by atoms with van der Waals surface area (Å²) in [5, 5.41) is 3.05. The second kappa shape index (κ2) is 11.2. The summed E-state index contributed by atoms with van der Waals surface area (Å²) in [6, 6.07) is 5.06. The first-order valence-corrected chi connectivity index (χ1v) is 9.63. The van der Waals surface area contributed by atoms with E-state index in [-0.39, 0.29) is 11.7 Å². The highest BCUT2D eigenvalue weighted by Crippen LogP contribution is 2.27. The highest BCUT2D eigenvalue weighted by atomic mass is 35.5. The molecule has 9 heteroatoms. The number of benzene rings is 1. The number of nitrogens with two attached hydrogens (primary N) is 1. The van der Waals surface area contributed by atoms with Gasteiger partial charge in [-0.15, -0.1) is 0 Å². The summed E-state index contributed by atoms with van der Waals surface area (Å²) >= 11 is 6.22. The number of carbonyl (C=O) groups excluding carboxylic acids is 1. The first-order valence-electron chi connectivity index (χ1n) is 9.25. The number of halogens is 1. The molecule has 30 heavy (non-hydrogen) atoms. The SMILES string of the molecule is C=N/C(=C\C=C(/C)OCCCN(C)C)c1ccc(Cl)c(NC(=O)c2coc(N)n2)c1. The summed E-state index contributed by atoms with van der Waals surface area (Å²) in [5.41, 5.74) is 7.18. The van der Waals surface area contributed by atoms with Gasteiger partial charge in [-0.25, -0.2) is 0 Å². The number of oxazole rings is 1. The van der Waals surface area contributed by atoms with Crippen LogP contribution in [0.15, 0.2) is 51.8 Å². The lowest BCUT2D eigenvalue weighted by atomic mass is 10.1. The standard InChI is InChI=1S/C21H26ClN5O3/c1-14(29-11-5-10-27(3)4)6-9-17(24-2)15-7-8-16(22)18(12-15)25-20(28)19-13-30-21(23)26-19/h6-9,12-13H,2,5,10-11H2,1,3-4H3,(H2,23,26)(H,25,28)/b14-6+,17-9-. The number of amides is 1. The summed E-state index contributed by atoms with van der Waals surface area (Å²) < 4.78 is 10.5. The molecule has 0 bridgehead atoms. The molecule has 1 heterocycles. The number of carbonyl (C=O) groups is 1. The number of aliphatic imine (C=N–C) groups is 1. The van der Waals surface area contributed by atoms with Gasteiger partial charge in [-0.2, -0.15) is 4.98 Å². The monoisotopic (exact) mass is 431 g/mol. The van der Waals surface area contributed by atoms with Gasteiger partial charge in [0.05, 0.1) is 28.8 Å². The number of aromatic nitrogens is 1. The molecular formula is C21H26ClN5O3. The number of allylic oxidation sites excluding steroid dienone is 3. The average molecular weight is 432 g/mol. The Morgan fingerprint density at radius 1 is 1.43 bits per heavy atom. The lowest BCUT2D eigenvalue weighted by molar-refractivity contribution is 0.102. The Bertz CT molecular complexity index is 950. The summed E-state index contributed by atoms with van der Waals surface area (Å²) in [7, 11) is 4.05. The maximum Gasteiger partial charge on any atom is 0.292 e. The average Bonchev–Trinajstić information content (AvgIpc) is 3.14. The highest BCUT2D eigenvalue weighted by molar-refractivity contribution is 6.34. The fraction of sp³-hybridized carbons (Fsp3) is 0.286. The molecule has 1 amide bonds. The van der Waals surface area contributed by atoms with Crippen LogP contribution in [0.2, 0.25) is 5.02 Å². The Morgan fingerprint density at radius 2 is 2.20 bits per heavy atom. The molecule has 0 atom stereocenters. The van der Waals surface area contributed by atoms with Crippen LogP contribution in [0.25, 0.3) is 5.70 Å². The zero-order valence-corrected chi connectivity index (χ0v) is 18.1. The van der Waals surface area contributed by atoms with Crippen molar-refractivity contribution in [3.8, 4) is 0 Å². The molecule has 0 fully saturated rings. The molecule has 0 aliphatic rings. The molecule has 0 saturated heterocycles. The van der Waals surface area contributed by atoms with Crippen molar-refractivity contribution in [1.29, 1.82) is 0 Å². The summed E-state index contributed by atoms with van der Waals surface area (Å²) in [5.74, 6) is 0.273. The minimum atomic E-state index is -0.492. The zero-order valence-electron chi connectivity index (χ0n) is 17.3. The quantitative estimate of drug-likeness (QED) is 0.254. The van der Waals surface area contributed by atoms with Crippen molar-refractivity contribution >= 4 is 41.6 Å². The summed E-state index contributed by atoms with van der Waals surface area (Å²) in [6.07, 6.45) is 5.73. The van der Waals surface area contributed by atoms with E-state index in [2.05, 4.69) is 26.9 Å². The minimum Gasteiger partial charge on any atom is -0.498 e. The molecular weight excluding hydrogens is 406 g/mol. The highest BCUT2D eigenvalue weighted by Gasteiger charge is 2.14. The van der Waals surface area contributed by atoms with E-state index < -0.39 is 5.91 Å². The minimum absolute atomic E-state index is 0.0524. The van der Waals surface area contributed by atoms with Gasteiger partial charge in [0.25, 0.3) is 11.9 Å². The molecule has 0 aliphatic carbocycles. The molecule has 8 nitrogen and oxygen atoms in total. The van der Waals surface area contributed by atoms with Crippen LogP contribution in [0, 0.1) is 0 Å². The molecule has 1 aromatic carbocycles. The second-order valence-corrected chi connectivity index (χ2v) is 7.12. The number of rotatable bonds is 10. The van der Waals surface area contributed by atoms with Gasteiger partial charge in [0.2, 0.25) is 0 Å². The van der Waals surface area contributed by atoms with E-state index in [1.165, 1.54) is 6.26 Å². The molecule has 160 valence electrons. The number of hydrogen-bond acceptors (Lipinski definition) is 7. The molecule has 2 aromatic rings. The number of nitrogens with zero attached hydrogens (tertiary/aromatic N) is 3. The van der Waals surface area contributed by atoms with Gasteiger partial charge in [-0.1, -0.05) is 17.7 Å². The van der Waals surface area contributed by atoms with Crippen molar-refractivity contribution in [2.45, 2.75) is 13.3 Å². The van der Waals surface area contributed by atoms with Gasteiger partial charge in [-0.3, -0.25) is 9.79 Å². The fourth-order valence-electron chi connectivity index (χ4n) is 2.46. The lowest BCUT2D eigenvalue weighted by Gasteiger charge is -2.10. The topological polar surface area (TPSA) is 106 Å². The molecule has 1 aromatic heterocycles. The number of ether oxygens (including phenoxy) is 1. The van der Waals surface area contributed by atoms with E-state index in [4.69, 9.17) is 26.5 Å². The first-order chi connectivity index (χ1) is 14.3. The third kappa shape index (κ3) is 7.06. The van der Waals surface area contributed by atoms with Crippen molar-refractivity contribution in [2.75, 3.05) is 38.3 Å². The van der Waals surface area contributed by atoms with Crippen LogP contribution >= 0.6 is 11.6 Å². The number of nitrogen functional groups attached to an aromatic ring is 1. The smallest absolute Gasteiger partial charge is 0.292 e. The Kier molecular flexibility index (Phi) is 8.64. The molecule has 3 N–H and O–H groups in total. The molecule has 0 spiro atoms. The van der Waals surface area contributed by atoms with Crippen molar-refractivity contribution in [2.24, 2.45) is 4.99 Å². The van der Waals surface area contributed by atoms with Gasteiger partial charge in [0, 0.05) is 12.1 Å². The van der Waals surface area contributed by atoms with Crippen molar-refractivity contribution in [3.05, 3.63) is 58.7 Å². The normalized spacial score (nSPS) is 12.2. The lowest BCUT2D eigenvalue weighted by Crippen LogP contribution is -2.14. The van der Waals surface area contributed by atoms with E-state index in [0.29, 0.717) is 23.0 Å². The van der Waals surface area contributed by atoms with E-state index in [1.807, 2.05) is 27.1 Å². The van der Waals surface area contributed by atoms with Crippen LogP contribution in [0.1, 0.15) is 29.4 Å². The predicted octanol–water partition coefficient (Wildman–Crippen LogP) is 4.08. The largest absolute Gasteiger partial charge is 0.498 e. The van der Waals surface area contributed by atoms with Gasteiger partial charge >= 0.3 is 0 Å². The number of anilines is 2. The van der Waals surface area contributed by atoms with Crippen LogP contribution in [-0.4, -0.2) is 49.8 Å². The molecule has 0 aliphatic heterocycles. The summed E-state index contributed by atoms with van der Waals surface area (Å²) in [6.45, 7) is 7.10. The van der Waals surface area contributed by atoms with E-state index in [9.17, 15) is 4.79 Å². The zero-order chi connectivity index (χ0) is 22.1. The fourth-order valence-corrected chi connectivity index (χ4v) is 2.62. The molecule has 0 unspecified atom stereocenters. The van der Waals surface area contributed by atoms with Crippen LogP contribution in [-0.2, 0) is 4.74 Å². The maximum absolute atomic E-state index is 12.3. The van der Waals surface area contributed by atoms with Crippen LogP contribution in [0.3, 0.4) is 0 Å². The molecule has 2 rings (SSSR count). The summed E-state index contributed by atoms with van der Waals surface area (Å²) in [4.78, 5) is 22.2. The van der Waals surface area contributed by atoms with E-state index in [1.54, 1.807) is 24.3 Å². The third-order valence-electron chi connectivity index (χ3n) is 3.99. The first kappa shape index (κ1) is 23.2. The Morgan fingerprint density at radius 3 is 2.83 bits per heavy atom.